The van der Waals surface area contributed by atoms with Crippen LogP contribution in [0.1, 0.15) is 32.6 Å². The standard InChI is InChI=1S/C11H23NO/c1-9(7-8-13-3)10-5-4-6-11(10)12-2/h9-12H,4-8H2,1-3H3. The Balaban J connectivity index is 2.31. The second-order valence-corrected chi connectivity index (χ2v) is 4.25. The minimum absolute atomic E-state index is 0.756. The monoisotopic (exact) mass is 185 g/mol. The molecule has 1 saturated carbocycles. The first-order valence-corrected chi connectivity index (χ1v) is 5.45. The van der Waals surface area contributed by atoms with Gasteiger partial charge in [0, 0.05) is 19.8 Å². The number of methoxy groups -OCH3 is 1. The lowest BCUT2D eigenvalue weighted by Crippen LogP contribution is -2.32. The summed E-state index contributed by atoms with van der Waals surface area (Å²) in [4.78, 5) is 0. The van der Waals surface area contributed by atoms with E-state index in [9.17, 15) is 0 Å². The molecule has 2 nitrogen and oxygen atoms in total. The van der Waals surface area contributed by atoms with E-state index in [0.29, 0.717) is 0 Å². The van der Waals surface area contributed by atoms with Gasteiger partial charge in [-0.2, -0.15) is 0 Å². The summed E-state index contributed by atoms with van der Waals surface area (Å²) in [5.74, 6) is 1.68. The molecule has 0 amide bonds. The fraction of sp³-hybridized carbons (Fsp3) is 1.00. The SMILES string of the molecule is CNC1CCCC1C(C)CCOC. The van der Waals surface area contributed by atoms with Crippen LogP contribution >= 0.6 is 0 Å². The lowest BCUT2D eigenvalue weighted by molar-refractivity contribution is 0.160. The Morgan fingerprint density at radius 1 is 1.46 bits per heavy atom. The quantitative estimate of drug-likeness (QED) is 0.708. The summed E-state index contributed by atoms with van der Waals surface area (Å²) in [6.07, 6.45) is 5.36. The van der Waals surface area contributed by atoms with E-state index in [4.69, 9.17) is 4.74 Å². The largest absolute Gasteiger partial charge is 0.385 e. The van der Waals surface area contributed by atoms with Crippen molar-refractivity contribution in [2.45, 2.75) is 38.6 Å². The molecule has 0 aliphatic heterocycles. The van der Waals surface area contributed by atoms with E-state index in [1.807, 2.05) is 0 Å². The van der Waals surface area contributed by atoms with E-state index >= 15 is 0 Å². The van der Waals surface area contributed by atoms with Crippen molar-refractivity contribution in [2.24, 2.45) is 11.8 Å². The molecule has 78 valence electrons. The molecule has 0 aromatic heterocycles. The molecule has 3 unspecified atom stereocenters. The molecule has 0 aromatic rings. The smallest absolute Gasteiger partial charge is 0.0464 e. The van der Waals surface area contributed by atoms with Gasteiger partial charge in [-0.1, -0.05) is 13.3 Å². The molecule has 0 spiro atoms. The summed E-state index contributed by atoms with van der Waals surface area (Å²) in [7, 11) is 3.88. The summed E-state index contributed by atoms with van der Waals surface area (Å²) in [5, 5.41) is 3.43. The maximum absolute atomic E-state index is 5.12. The molecule has 2 heteroatoms. The molecule has 13 heavy (non-hydrogen) atoms. The number of nitrogens with one attached hydrogen (secondary N) is 1. The van der Waals surface area contributed by atoms with Crippen LogP contribution in [-0.2, 0) is 4.74 Å². The Hall–Kier alpha value is -0.0800. The number of hydrogen-bond acceptors (Lipinski definition) is 2. The van der Waals surface area contributed by atoms with E-state index in [2.05, 4.69) is 19.3 Å². The van der Waals surface area contributed by atoms with Crippen LogP contribution in [0.25, 0.3) is 0 Å². The molecular formula is C11H23NO. The molecule has 0 aromatic carbocycles. The van der Waals surface area contributed by atoms with Crippen molar-refractivity contribution >= 4 is 0 Å². The summed E-state index contributed by atoms with van der Waals surface area (Å²) >= 11 is 0. The third-order valence-corrected chi connectivity index (χ3v) is 3.45. The molecule has 0 radical (unpaired) electrons. The first kappa shape index (κ1) is 11.0. The zero-order chi connectivity index (χ0) is 9.68. The Labute approximate surface area is 82.0 Å². The van der Waals surface area contributed by atoms with Crippen molar-refractivity contribution in [3.63, 3.8) is 0 Å². The van der Waals surface area contributed by atoms with Gasteiger partial charge in [-0.15, -0.1) is 0 Å². The second-order valence-electron chi connectivity index (χ2n) is 4.25. The first-order chi connectivity index (χ1) is 6.29. The number of hydrogen-bond donors (Lipinski definition) is 1. The minimum Gasteiger partial charge on any atom is -0.385 e. The third-order valence-electron chi connectivity index (χ3n) is 3.45. The van der Waals surface area contributed by atoms with Crippen LogP contribution in [-0.4, -0.2) is 26.8 Å². The molecular weight excluding hydrogens is 162 g/mol. The van der Waals surface area contributed by atoms with Gasteiger partial charge in [0.2, 0.25) is 0 Å². The zero-order valence-corrected chi connectivity index (χ0v) is 9.18. The van der Waals surface area contributed by atoms with Crippen LogP contribution in [0.5, 0.6) is 0 Å². The molecule has 1 rings (SSSR count). The van der Waals surface area contributed by atoms with E-state index in [1.165, 1.54) is 25.7 Å². The number of ether oxygens (including phenoxy) is 1. The Morgan fingerprint density at radius 3 is 2.85 bits per heavy atom. The van der Waals surface area contributed by atoms with Gasteiger partial charge in [0.1, 0.15) is 0 Å². The maximum atomic E-state index is 5.12. The van der Waals surface area contributed by atoms with Gasteiger partial charge in [0.15, 0.2) is 0 Å². The third kappa shape index (κ3) is 2.96. The van der Waals surface area contributed by atoms with Crippen LogP contribution in [0.4, 0.5) is 0 Å². The fourth-order valence-electron chi connectivity index (χ4n) is 2.55. The van der Waals surface area contributed by atoms with Crippen LogP contribution in [0.2, 0.25) is 0 Å². The average molecular weight is 185 g/mol. The van der Waals surface area contributed by atoms with Crippen molar-refractivity contribution in [1.29, 1.82) is 0 Å². The zero-order valence-electron chi connectivity index (χ0n) is 9.18. The van der Waals surface area contributed by atoms with Gasteiger partial charge < -0.3 is 10.1 Å². The van der Waals surface area contributed by atoms with Crippen molar-refractivity contribution in [3.05, 3.63) is 0 Å². The average Bonchev–Trinajstić information content (AvgIpc) is 2.61. The van der Waals surface area contributed by atoms with Crippen molar-refractivity contribution in [1.82, 2.24) is 5.32 Å². The molecule has 1 fully saturated rings. The summed E-state index contributed by atoms with van der Waals surface area (Å²) in [6.45, 7) is 3.27. The van der Waals surface area contributed by atoms with Gasteiger partial charge in [0.25, 0.3) is 0 Å². The van der Waals surface area contributed by atoms with E-state index < -0.39 is 0 Å². The topological polar surface area (TPSA) is 21.3 Å². The summed E-state index contributed by atoms with van der Waals surface area (Å²) in [6, 6.07) is 0.756. The summed E-state index contributed by atoms with van der Waals surface area (Å²) < 4.78 is 5.12. The highest BCUT2D eigenvalue weighted by Crippen LogP contribution is 2.33. The Kier molecular flexibility index (Phi) is 4.74. The second kappa shape index (κ2) is 5.61. The van der Waals surface area contributed by atoms with Gasteiger partial charge in [-0.3, -0.25) is 0 Å². The number of rotatable bonds is 5. The Bertz CT molecular complexity index is 138. The predicted octanol–water partition coefficient (Wildman–Crippen LogP) is 2.05. The van der Waals surface area contributed by atoms with Crippen LogP contribution in [0.3, 0.4) is 0 Å². The molecule has 3 atom stereocenters. The molecule has 1 aliphatic rings. The van der Waals surface area contributed by atoms with Crippen LogP contribution in [0, 0.1) is 11.8 Å². The van der Waals surface area contributed by atoms with Crippen molar-refractivity contribution in [3.8, 4) is 0 Å². The molecule has 0 saturated heterocycles. The normalized spacial score (nSPS) is 30.7. The lowest BCUT2D eigenvalue weighted by Gasteiger charge is -2.25. The first-order valence-electron chi connectivity index (χ1n) is 5.45. The van der Waals surface area contributed by atoms with Crippen LogP contribution < -0.4 is 5.32 Å². The molecule has 1 N–H and O–H groups in total. The fourth-order valence-corrected chi connectivity index (χ4v) is 2.55. The van der Waals surface area contributed by atoms with E-state index in [1.54, 1.807) is 7.11 Å². The molecule has 0 heterocycles. The van der Waals surface area contributed by atoms with Crippen molar-refractivity contribution < 1.29 is 4.74 Å². The molecule has 1 aliphatic carbocycles. The molecule has 0 bridgehead atoms. The predicted molar refractivity (Wildman–Crippen MR) is 55.8 cm³/mol. The van der Waals surface area contributed by atoms with E-state index in [0.717, 1.165) is 24.5 Å². The van der Waals surface area contributed by atoms with Gasteiger partial charge in [0.05, 0.1) is 0 Å². The highest BCUT2D eigenvalue weighted by Gasteiger charge is 2.29. The van der Waals surface area contributed by atoms with Gasteiger partial charge >= 0.3 is 0 Å². The van der Waals surface area contributed by atoms with Crippen LogP contribution in [0.15, 0.2) is 0 Å². The summed E-state index contributed by atoms with van der Waals surface area (Å²) in [5.41, 5.74) is 0. The lowest BCUT2D eigenvalue weighted by atomic mass is 9.87. The highest BCUT2D eigenvalue weighted by atomic mass is 16.5. The highest BCUT2D eigenvalue weighted by molar-refractivity contribution is 4.85. The van der Waals surface area contributed by atoms with Crippen molar-refractivity contribution in [2.75, 3.05) is 20.8 Å². The van der Waals surface area contributed by atoms with Gasteiger partial charge in [-0.25, -0.2) is 0 Å². The maximum Gasteiger partial charge on any atom is 0.0464 e. The van der Waals surface area contributed by atoms with Gasteiger partial charge in [-0.05, 0) is 38.1 Å². The minimum atomic E-state index is 0.756. The van der Waals surface area contributed by atoms with E-state index in [-0.39, 0.29) is 0 Å². The Morgan fingerprint density at radius 2 is 2.23 bits per heavy atom.